The molecule has 3 nitrogen and oxygen atoms in total. The van der Waals surface area contributed by atoms with Gasteiger partial charge in [-0.15, -0.1) is 11.3 Å². The normalized spacial score (nSPS) is 8.77. The molecule has 68 valence electrons. The van der Waals surface area contributed by atoms with Crippen molar-refractivity contribution in [2.45, 2.75) is 0 Å². The maximum absolute atomic E-state index is 11.0. The molecule has 1 heterocycles. The highest BCUT2D eigenvalue weighted by Gasteiger charge is 2.08. The number of halogens is 1. The third kappa shape index (κ3) is 2.83. The number of rotatable bonds is 1. The van der Waals surface area contributed by atoms with E-state index >= 15 is 0 Å². The highest BCUT2D eigenvalue weighted by molar-refractivity contribution is 9.09. The molecule has 0 unspecified atom stereocenters. The lowest BCUT2D eigenvalue weighted by molar-refractivity contribution is 0.0595. The van der Waals surface area contributed by atoms with Gasteiger partial charge in [0, 0.05) is 5.38 Å². The van der Waals surface area contributed by atoms with Gasteiger partial charge >= 0.3 is 5.97 Å². The lowest BCUT2D eigenvalue weighted by Crippen LogP contribution is -2.00. The monoisotopic (exact) mass is 259 g/mol. The summed E-state index contributed by atoms with van der Waals surface area (Å²) in [7, 11) is 1.32. The summed E-state index contributed by atoms with van der Waals surface area (Å²) in [6.45, 7) is 0. The van der Waals surface area contributed by atoms with Crippen LogP contribution in [0.3, 0.4) is 0 Å². The van der Waals surface area contributed by atoms with Gasteiger partial charge in [0.2, 0.25) is 0 Å². The van der Waals surface area contributed by atoms with Gasteiger partial charge in [-0.3, -0.25) is 0 Å². The molecule has 1 rings (SSSR count). The molecular formula is C8H6BrNO2S. The average Bonchev–Trinajstić information content (AvgIpc) is 2.62. The van der Waals surface area contributed by atoms with Gasteiger partial charge in [-0.25, -0.2) is 9.78 Å². The van der Waals surface area contributed by atoms with E-state index in [1.807, 2.05) is 0 Å². The SMILES string of the molecule is COC(=O)c1csc(C#CCBr)n1. The van der Waals surface area contributed by atoms with Gasteiger partial charge in [0.05, 0.1) is 12.4 Å². The van der Waals surface area contributed by atoms with Crippen LogP contribution < -0.4 is 0 Å². The second-order valence-electron chi connectivity index (χ2n) is 1.96. The van der Waals surface area contributed by atoms with Gasteiger partial charge in [0.1, 0.15) is 0 Å². The molecule has 1 aromatic rings. The Bertz CT molecular complexity index is 364. The van der Waals surface area contributed by atoms with Crippen molar-refractivity contribution in [2.24, 2.45) is 0 Å². The molecule has 0 spiro atoms. The first-order valence-corrected chi connectivity index (χ1v) is 5.36. The van der Waals surface area contributed by atoms with Crippen molar-refractivity contribution >= 4 is 33.2 Å². The zero-order valence-electron chi connectivity index (χ0n) is 6.83. The molecule has 0 N–H and O–H groups in total. The van der Waals surface area contributed by atoms with Crippen LogP contribution in [0.15, 0.2) is 5.38 Å². The largest absolute Gasteiger partial charge is 0.464 e. The predicted octanol–water partition coefficient (Wildman–Crippen LogP) is 1.68. The molecule has 0 aliphatic rings. The van der Waals surface area contributed by atoms with Crippen LogP contribution in [-0.2, 0) is 4.74 Å². The molecule has 0 aliphatic heterocycles. The quantitative estimate of drug-likeness (QED) is 0.438. The first-order chi connectivity index (χ1) is 6.27. The first kappa shape index (κ1) is 10.2. The van der Waals surface area contributed by atoms with E-state index in [1.165, 1.54) is 18.4 Å². The Kier molecular flexibility index (Phi) is 3.93. The van der Waals surface area contributed by atoms with Crippen LogP contribution in [0.25, 0.3) is 0 Å². The molecule has 0 saturated carbocycles. The van der Waals surface area contributed by atoms with Gasteiger partial charge < -0.3 is 4.74 Å². The van der Waals surface area contributed by atoms with Crippen molar-refractivity contribution in [2.75, 3.05) is 12.4 Å². The molecule has 0 bridgehead atoms. The topological polar surface area (TPSA) is 39.2 Å². The van der Waals surface area contributed by atoms with Crippen LogP contribution in [0.5, 0.6) is 0 Å². The van der Waals surface area contributed by atoms with E-state index in [4.69, 9.17) is 0 Å². The number of ether oxygens (including phenoxy) is 1. The number of hydrogen-bond donors (Lipinski definition) is 0. The minimum absolute atomic E-state index is 0.311. The zero-order valence-corrected chi connectivity index (χ0v) is 9.24. The highest BCUT2D eigenvalue weighted by atomic mass is 79.9. The van der Waals surface area contributed by atoms with Crippen molar-refractivity contribution in [1.82, 2.24) is 4.98 Å². The van der Waals surface area contributed by atoms with E-state index in [0.717, 1.165) is 0 Å². The number of carbonyl (C=O) groups is 1. The number of aromatic nitrogens is 1. The van der Waals surface area contributed by atoms with E-state index < -0.39 is 5.97 Å². The lowest BCUT2D eigenvalue weighted by Gasteiger charge is -1.89. The van der Waals surface area contributed by atoms with Gasteiger partial charge in [-0.05, 0) is 5.92 Å². The Morgan fingerprint density at radius 2 is 2.62 bits per heavy atom. The zero-order chi connectivity index (χ0) is 9.68. The second kappa shape index (κ2) is 5.00. The van der Waals surface area contributed by atoms with E-state index in [-0.39, 0.29) is 0 Å². The number of nitrogens with zero attached hydrogens (tertiary/aromatic N) is 1. The molecule has 5 heteroatoms. The molecule has 0 aromatic carbocycles. The number of esters is 1. The first-order valence-electron chi connectivity index (χ1n) is 3.36. The molecule has 1 aromatic heterocycles. The Hall–Kier alpha value is -0.860. The maximum Gasteiger partial charge on any atom is 0.357 e. The molecule has 0 aliphatic carbocycles. The Labute approximate surface area is 88.3 Å². The number of carbonyl (C=O) groups excluding carboxylic acids is 1. The fraction of sp³-hybridized carbons (Fsp3) is 0.250. The van der Waals surface area contributed by atoms with Gasteiger partial charge in [0.15, 0.2) is 10.7 Å². The third-order valence-electron chi connectivity index (χ3n) is 1.16. The van der Waals surface area contributed by atoms with E-state index in [2.05, 4.69) is 37.5 Å². The van der Waals surface area contributed by atoms with Crippen LogP contribution in [0, 0.1) is 11.8 Å². The van der Waals surface area contributed by atoms with E-state index in [1.54, 1.807) is 5.38 Å². The summed E-state index contributed by atoms with van der Waals surface area (Å²) in [5.74, 6) is 5.17. The number of alkyl halides is 1. The molecule has 0 saturated heterocycles. The summed E-state index contributed by atoms with van der Waals surface area (Å²) in [5.41, 5.74) is 0.311. The molecular weight excluding hydrogens is 254 g/mol. The van der Waals surface area contributed by atoms with Crippen molar-refractivity contribution in [3.63, 3.8) is 0 Å². The standard InChI is InChI=1S/C8H6BrNO2S/c1-12-8(11)6-5-13-7(10-6)3-2-4-9/h5H,4H2,1H3. The number of methoxy groups -OCH3 is 1. The molecule has 0 atom stereocenters. The maximum atomic E-state index is 11.0. The predicted molar refractivity (Wildman–Crippen MR) is 54.1 cm³/mol. The van der Waals surface area contributed by atoms with Crippen LogP contribution in [-0.4, -0.2) is 23.4 Å². The second-order valence-corrected chi connectivity index (χ2v) is 3.38. The number of hydrogen-bond acceptors (Lipinski definition) is 4. The van der Waals surface area contributed by atoms with Crippen LogP contribution in [0.4, 0.5) is 0 Å². The van der Waals surface area contributed by atoms with Crippen molar-refractivity contribution in [3.05, 3.63) is 16.1 Å². The van der Waals surface area contributed by atoms with Gasteiger partial charge in [-0.1, -0.05) is 21.9 Å². The molecule has 0 fully saturated rings. The summed E-state index contributed by atoms with van der Waals surface area (Å²) < 4.78 is 4.50. The minimum Gasteiger partial charge on any atom is -0.464 e. The third-order valence-corrected chi connectivity index (χ3v) is 2.20. The summed E-state index contributed by atoms with van der Waals surface area (Å²) >= 11 is 4.49. The minimum atomic E-state index is -0.428. The van der Waals surface area contributed by atoms with Crippen LogP contribution in [0.1, 0.15) is 15.5 Å². The van der Waals surface area contributed by atoms with Crippen molar-refractivity contribution < 1.29 is 9.53 Å². The fourth-order valence-electron chi connectivity index (χ4n) is 0.638. The molecule has 0 amide bonds. The van der Waals surface area contributed by atoms with Crippen molar-refractivity contribution in [1.29, 1.82) is 0 Å². The summed E-state index contributed by atoms with van der Waals surface area (Å²) in [4.78, 5) is 14.9. The summed E-state index contributed by atoms with van der Waals surface area (Å²) in [6.07, 6.45) is 0. The van der Waals surface area contributed by atoms with E-state index in [0.29, 0.717) is 16.0 Å². The molecule has 0 radical (unpaired) electrons. The lowest BCUT2D eigenvalue weighted by atomic mass is 10.5. The van der Waals surface area contributed by atoms with Crippen LogP contribution >= 0.6 is 27.3 Å². The Morgan fingerprint density at radius 3 is 3.23 bits per heavy atom. The Morgan fingerprint density at radius 1 is 1.85 bits per heavy atom. The van der Waals surface area contributed by atoms with Crippen molar-refractivity contribution in [3.8, 4) is 11.8 Å². The Balaban J connectivity index is 2.80. The summed E-state index contributed by atoms with van der Waals surface area (Å²) in [6, 6.07) is 0. The molecule has 13 heavy (non-hydrogen) atoms. The highest BCUT2D eigenvalue weighted by Crippen LogP contribution is 2.08. The fourth-order valence-corrected chi connectivity index (χ4v) is 1.43. The average molecular weight is 260 g/mol. The summed E-state index contributed by atoms with van der Waals surface area (Å²) in [5, 5.41) is 2.85. The van der Waals surface area contributed by atoms with E-state index in [9.17, 15) is 4.79 Å². The number of thiazole rings is 1. The van der Waals surface area contributed by atoms with Crippen LogP contribution in [0.2, 0.25) is 0 Å². The van der Waals surface area contributed by atoms with Gasteiger partial charge in [0.25, 0.3) is 0 Å². The smallest absolute Gasteiger partial charge is 0.357 e. The van der Waals surface area contributed by atoms with Gasteiger partial charge in [-0.2, -0.15) is 0 Å².